The van der Waals surface area contributed by atoms with E-state index in [1.54, 1.807) is 25.0 Å². The van der Waals surface area contributed by atoms with Gasteiger partial charge in [0, 0.05) is 29.5 Å². The second-order valence-electron chi connectivity index (χ2n) is 8.15. The number of rotatable bonds is 9. The maximum atomic E-state index is 12.6. The number of benzene rings is 2. The van der Waals surface area contributed by atoms with Gasteiger partial charge in [-0.1, -0.05) is 30.5 Å². The molecule has 0 spiro atoms. The highest BCUT2D eigenvalue weighted by Crippen LogP contribution is 2.39. The second-order valence-corrected chi connectivity index (χ2v) is 8.58. The predicted octanol–water partition coefficient (Wildman–Crippen LogP) is 4.70. The van der Waals surface area contributed by atoms with Gasteiger partial charge in [0.1, 0.15) is 11.6 Å². The van der Waals surface area contributed by atoms with Gasteiger partial charge in [-0.05, 0) is 36.6 Å². The zero-order chi connectivity index (χ0) is 24.1. The number of nitrogens with one attached hydrogen (secondary N) is 2. The van der Waals surface area contributed by atoms with Gasteiger partial charge in [-0.15, -0.1) is 0 Å². The first kappa shape index (κ1) is 23.7. The van der Waals surface area contributed by atoms with Crippen molar-refractivity contribution < 1.29 is 19.5 Å². The van der Waals surface area contributed by atoms with Crippen LogP contribution in [0.25, 0.3) is 0 Å². The van der Waals surface area contributed by atoms with Crippen molar-refractivity contribution >= 4 is 52.7 Å². The van der Waals surface area contributed by atoms with Crippen LogP contribution >= 0.6 is 11.6 Å². The van der Waals surface area contributed by atoms with Gasteiger partial charge in [0.15, 0.2) is 0 Å². The first-order valence-corrected chi connectivity index (χ1v) is 11.5. The number of carbonyl (C=O) groups excluding carboxylic acids is 2. The summed E-state index contributed by atoms with van der Waals surface area (Å²) in [6.45, 7) is 0.627. The molecule has 0 saturated heterocycles. The number of hydrogen-bond donors (Lipinski definition) is 3. The smallest absolute Gasteiger partial charge is 0.243 e. The summed E-state index contributed by atoms with van der Waals surface area (Å²) in [5.41, 5.74) is 5.56. The third-order valence-electron chi connectivity index (χ3n) is 5.74. The monoisotopic (exact) mass is 483 g/mol. The van der Waals surface area contributed by atoms with Crippen LogP contribution in [0.5, 0.6) is 5.75 Å². The SMILES string of the molecule is COc1cc2c(cc1NC(=O)CCCCCCC(=O)NO)C1=Nc3cc(Cl)ccc3CN1C=N2. The number of fused-ring (bicyclic) bond motifs is 4. The molecule has 2 aromatic rings. The molecule has 0 aliphatic carbocycles. The molecular weight excluding hydrogens is 458 g/mol. The topological polar surface area (TPSA) is 116 Å². The highest BCUT2D eigenvalue weighted by atomic mass is 35.5. The van der Waals surface area contributed by atoms with Gasteiger partial charge < -0.3 is 15.0 Å². The molecule has 2 aliphatic rings. The fourth-order valence-corrected chi connectivity index (χ4v) is 4.14. The third-order valence-corrected chi connectivity index (χ3v) is 5.97. The summed E-state index contributed by atoms with van der Waals surface area (Å²) < 4.78 is 5.49. The van der Waals surface area contributed by atoms with Crippen molar-refractivity contribution in [3.63, 3.8) is 0 Å². The molecule has 0 saturated carbocycles. The van der Waals surface area contributed by atoms with E-state index in [1.807, 2.05) is 29.2 Å². The lowest BCUT2D eigenvalue weighted by atomic mass is 10.0. The number of anilines is 1. The molecule has 4 rings (SSSR count). The minimum absolute atomic E-state index is 0.120. The number of unbranched alkanes of at least 4 members (excludes halogenated alkanes) is 3. The van der Waals surface area contributed by atoms with Crippen LogP contribution in [0.2, 0.25) is 5.02 Å². The van der Waals surface area contributed by atoms with Crippen LogP contribution in [-0.4, -0.2) is 41.2 Å². The Morgan fingerprint density at radius 3 is 2.59 bits per heavy atom. The molecule has 34 heavy (non-hydrogen) atoms. The van der Waals surface area contributed by atoms with Crippen LogP contribution in [0, 0.1) is 0 Å². The van der Waals surface area contributed by atoms with E-state index in [0.717, 1.165) is 35.5 Å². The molecule has 0 fully saturated rings. The zero-order valence-electron chi connectivity index (χ0n) is 18.8. The fourth-order valence-electron chi connectivity index (χ4n) is 3.97. The molecule has 2 heterocycles. The summed E-state index contributed by atoms with van der Waals surface area (Å²) in [5.74, 6) is 0.747. The van der Waals surface area contributed by atoms with Crippen LogP contribution in [0.1, 0.15) is 49.7 Å². The highest BCUT2D eigenvalue weighted by Gasteiger charge is 2.27. The van der Waals surface area contributed by atoms with Gasteiger partial charge in [-0.25, -0.2) is 15.5 Å². The zero-order valence-corrected chi connectivity index (χ0v) is 19.6. The van der Waals surface area contributed by atoms with Crippen LogP contribution in [-0.2, 0) is 16.1 Å². The number of carbonyl (C=O) groups is 2. The van der Waals surface area contributed by atoms with Crippen LogP contribution in [0.15, 0.2) is 40.3 Å². The molecule has 9 nitrogen and oxygen atoms in total. The summed E-state index contributed by atoms with van der Waals surface area (Å²) in [5, 5.41) is 12.1. The molecule has 0 unspecified atom stereocenters. The average Bonchev–Trinajstić information content (AvgIpc) is 2.84. The van der Waals surface area contributed by atoms with E-state index in [1.165, 1.54) is 0 Å². The van der Waals surface area contributed by atoms with E-state index >= 15 is 0 Å². The standard InChI is InChI=1S/C24H26ClN5O4/c1-34-21-12-19-17(11-20(21)27-22(31)6-4-2-3-5-7-23(32)29-33)24-28-18-10-16(25)9-8-15(18)13-30(24)14-26-19/h8-12,14,33H,2-7,13H2,1H3,(H,27,31)(H,29,32). The van der Waals surface area contributed by atoms with Gasteiger partial charge in [0.25, 0.3) is 0 Å². The Bertz CT molecular complexity index is 1160. The molecule has 0 aromatic heterocycles. The van der Waals surface area contributed by atoms with E-state index in [-0.39, 0.29) is 12.3 Å². The van der Waals surface area contributed by atoms with E-state index in [9.17, 15) is 9.59 Å². The fraction of sp³-hybridized carbons (Fsp3) is 0.333. The lowest BCUT2D eigenvalue weighted by Gasteiger charge is -2.30. The van der Waals surface area contributed by atoms with Crippen molar-refractivity contribution in [2.24, 2.45) is 9.98 Å². The van der Waals surface area contributed by atoms with Crippen molar-refractivity contribution in [3.05, 3.63) is 46.5 Å². The Balaban J connectivity index is 1.46. The Morgan fingerprint density at radius 1 is 1.09 bits per heavy atom. The van der Waals surface area contributed by atoms with Gasteiger partial charge in [-0.2, -0.15) is 0 Å². The summed E-state index contributed by atoms with van der Waals surface area (Å²) >= 11 is 6.16. The number of amidine groups is 1. The van der Waals surface area contributed by atoms with Crippen LogP contribution < -0.4 is 15.5 Å². The third kappa shape index (κ3) is 5.37. The number of aliphatic imine (C=N–C) groups is 2. The molecule has 178 valence electrons. The summed E-state index contributed by atoms with van der Waals surface area (Å²) in [6, 6.07) is 9.29. The van der Waals surface area contributed by atoms with Gasteiger partial charge in [0.2, 0.25) is 11.8 Å². The predicted molar refractivity (Wildman–Crippen MR) is 131 cm³/mol. The molecule has 2 aromatic carbocycles. The molecule has 10 heteroatoms. The largest absolute Gasteiger partial charge is 0.494 e. The molecule has 3 N–H and O–H groups in total. The Kier molecular flexibility index (Phi) is 7.44. The average molecular weight is 484 g/mol. The lowest BCUT2D eigenvalue weighted by molar-refractivity contribution is -0.129. The van der Waals surface area contributed by atoms with E-state index in [4.69, 9.17) is 26.5 Å². The van der Waals surface area contributed by atoms with Crippen LogP contribution in [0.3, 0.4) is 0 Å². The van der Waals surface area contributed by atoms with Crippen molar-refractivity contribution in [2.75, 3.05) is 12.4 Å². The minimum Gasteiger partial charge on any atom is -0.494 e. The molecule has 0 radical (unpaired) electrons. The Hall–Kier alpha value is -3.43. The maximum absolute atomic E-state index is 12.6. The summed E-state index contributed by atoms with van der Waals surface area (Å²) in [6.07, 6.45) is 5.36. The maximum Gasteiger partial charge on any atom is 0.243 e. The van der Waals surface area contributed by atoms with Crippen LogP contribution in [0.4, 0.5) is 17.1 Å². The molecule has 2 aliphatic heterocycles. The minimum atomic E-state index is -0.394. The molecule has 0 atom stereocenters. The Labute approximate surface area is 202 Å². The van der Waals surface area contributed by atoms with Gasteiger partial charge >= 0.3 is 0 Å². The second kappa shape index (κ2) is 10.7. The normalized spacial score (nSPS) is 13.4. The molecule has 2 amide bonds. The molecular formula is C24H26ClN5O4. The van der Waals surface area contributed by atoms with Crippen molar-refractivity contribution in [1.82, 2.24) is 10.4 Å². The number of hydrogen-bond acceptors (Lipinski definition) is 7. The number of ether oxygens (including phenoxy) is 1. The first-order valence-electron chi connectivity index (χ1n) is 11.1. The number of halogens is 1. The molecule has 0 bridgehead atoms. The van der Waals surface area contributed by atoms with Gasteiger partial charge in [-0.3, -0.25) is 14.8 Å². The van der Waals surface area contributed by atoms with E-state index < -0.39 is 5.91 Å². The first-order chi connectivity index (χ1) is 16.5. The van der Waals surface area contributed by atoms with Crippen molar-refractivity contribution in [3.8, 4) is 5.75 Å². The van der Waals surface area contributed by atoms with Crippen molar-refractivity contribution in [2.45, 2.75) is 45.1 Å². The van der Waals surface area contributed by atoms with Crippen molar-refractivity contribution in [1.29, 1.82) is 0 Å². The number of hydroxylamine groups is 1. The van der Waals surface area contributed by atoms with E-state index in [2.05, 4.69) is 10.3 Å². The van der Waals surface area contributed by atoms with Gasteiger partial charge in [0.05, 0.1) is 37.1 Å². The highest BCUT2D eigenvalue weighted by molar-refractivity contribution is 6.31. The summed E-state index contributed by atoms with van der Waals surface area (Å²) in [7, 11) is 1.55. The summed E-state index contributed by atoms with van der Waals surface area (Å²) in [4.78, 5) is 34.9. The number of methoxy groups -OCH3 is 1. The lowest BCUT2D eigenvalue weighted by Crippen LogP contribution is -2.34. The van der Waals surface area contributed by atoms with E-state index in [0.29, 0.717) is 48.0 Å². The quantitative estimate of drug-likeness (QED) is 0.271. The Morgan fingerprint density at radius 2 is 1.85 bits per heavy atom. The number of amides is 2. The number of nitrogens with zero attached hydrogens (tertiary/aromatic N) is 3.